The lowest BCUT2D eigenvalue weighted by Crippen LogP contribution is -2.54. The maximum Gasteiger partial charge on any atom is 0.270 e. The van der Waals surface area contributed by atoms with Gasteiger partial charge in [0.05, 0.1) is 5.69 Å². The summed E-state index contributed by atoms with van der Waals surface area (Å²) in [6, 6.07) is 16.2. The summed E-state index contributed by atoms with van der Waals surface area (Å²) in [7, 11) is 0. The molecule has 1 aliphatic rings. The quantitative estimate of drug-likeness (QED) is 0.337. The summed E-state index contributed by atoms with van der Waals surface area (Å²) >= 11 is 5.34. The number of rotatable bonds is 4. The highest BCUT2D eigenvalue weighted by molar-refractivity contribution is 7.80. The third-order valence-electron chi connectivity index (χ3n) is 5.94. The minimum absolute atomic E-state index is 0.0596. The number of anilines is 1. The second-order valence-corrected chi connectivity index (χ2v) is 8.87. The van der Waals surface area contributed by atoms with Gasteiger partial charge in [-0.25, -0.2) is 0 Å². The molecular weight excluding hydrogens is 430 g/mol. The molecule has 2 aromatic carbocycles. The summed E-state index contributed by atoms with van der Waals surface area (Å²) in [5.74, 6) is -0.909. The van der Waals surface area contributed by atoms with Crippen LogP contribution in [0.2, 0.25) is 0 Å². The summed E-state index contributed by atoms with van der Waals surface area (Å²) in [4.78, 5) is 27.6. The summed E-state index contributed by atoms with van der Waals surface area (Å²) in [5.41, 5.74) is 7.85. The molecule has 33 heavy (non-hydrogen) atoms. The minimum Gasteiger partial charge on any atom is -0.318 e. The van der Waals surface area contributed by atoms with E-state index in [-0.39, 0.29) is 10.7 Å². The van der Waals surface area contributed by atoms with E-state index in [4.69, 9.17) is 12.2 Å². The zero-order valence-electron chi connectivity index (χ0n) is 19.5. The Morgan fingerprint density at radius 2 is 1.55 bits per heavy atom. The number of nitrogens with zero attached hydrogens (tertiary/aromatic N) is 2. The molecule has 1 aliphatic heterocycles. The van der Waals surface area contributed by atoms with Crippen LogP contribution in [0.3, 0.4) is 0 Å². The fraction of sp³-hybridized carbons (Fsp3) is 0.222. The zero-order valence-corrected chi connectivity index (χ0v) is 20.3. The number of carbonyl (C=O) groups excluding carboxylic acids is 2. The Balaban J connectivity index is 1.75. The molecule has 0 spiro atoms. The smallest absolute Gasteiger partial charge is 0.270 e. The summed E-state index contributed by atoms with van der Waals surface area (Å²) in [6.45, 7) is 10.1. The van der Waals surface area contributed by atoms with Gasteiger partial charge in [-0.15, -0.1) is 0 Å². The number of thiocarbonyl (C=S) groups is 1. The molecule has 0 saturated carbocycles. The summed E-state index contributed by atoms with van der Waals surface area (Å²) < 4.78 is 2.13. The van der Waals surface area contributed by atoms with Crippen molar-refractivity contribution in [3.8, 4) is 5.69 Å². The SMILES string of the molecule is CCc1ccc(-n2c(C)cc(/C=C3\C(=O)NC(=S)N(c4cc(C)cc(C)c4)C3=O)c2C)cc1. The highest BCUT2D eigenvalue weighted by atomic mass is 32.1. The first kappa shape index (κ1) is 22.7. The average Bonchev–Trinajstić information content (AvgIpc) is 3.03. The van der Waals surface area contributed by atoms with Crippen molar-refractivity contribution in [3.05, 3.63) is 87.7 Å². The van der Waals surface area contributed by atoms with Gasteiger partial charge in [-0.2, -0.15) is 0 Å². The van der Waals surface area contributed by atoms with Crippen molar-refractivity contribution in [2.75, 3.05) is 4.90 Å². The molecular formula is C27H27N3O2S. The summed E-state index contributed by atoms with van der Waals surface area (Å²) in [6.07, 6.45) is 2.64. The van der Waals surface area contributed by atoms with Crippen molar-refractivity contribution in [1.82, 2.24) is 9.88 Å². The number of amides is 2. The van der Waals surface area contributed by atoms with Crippen molar-refractivity contribution in [2.45, 2.75) is 41.0 Å². The lowest BCUT2D eigenvalue weighted by molar-refractivity contribution is -0.122. The Morgan fingerprint density at radius 1 is 0.909 bits per heavy atom. The molecule has 1 aromatic heterocycles. The van der Waals surface area contributed by atoms with E-state index in [2.05, 4.69) is 41.1 Å². The molecule has 1 saturated heterocycles. The van der Waals surface area contributed by atoms with Crippen LogP contribution >= 0.6 is 12.2 Å². The number of carbonyl (C=O) groups is 2. The van der Waals surface area contributed by atoms with Crippen molar-refractivity contribution in [1.29, 1.82) is 0 Å². The number of aryl methyl sites for hydroxylation is 4. The molecule has 6 heteroatoms. The molecule has 5 nitrogen and oxygen atoms in total. The number of hydrogen-bond donors (Lipinski definition) is 1. The fourth-order valence-electron chi connectivity index (χ4n) is 4.34. The topological polar surface area (TPSA) is 54.3 Å². The van der Waals surface area contributed by atoms with E-state index in [0.29, 0.717) is 5.69 Å². The van der Waals surface area contributed by atoms with Gasteiger partial charge in [-0.05, 0) is 105 Å². The molecule has 0 aliphatic carbocycles. The first-order valence-electron chi connectivity index (χ1n) is 11.0. The molecule has 0 radical (unpaired) electrons. The Bertz CT molecular complexity index is 1300. The Labute approximate surface area is 199 Å². The number of nitrogens with one attached hydrogen (secondary N) is 1. The molecule has 1 N–H and O–H groups in total. The van der Waals surface area contributed by atoms with Crippen molar-refractivity contribution in [3.63, 3.8) is 0 Å². The predicted octanol–water partition coefficient (Wildman–Crippen LogP) is 5.10. The standard InChI is InChI=1S/C27H27N3O2S/c1-6-20-7-9-22(10-8-20)29-18(4)14-21(19(29)5)15-24-25(31)28-27(33)30(26(24)32)23-12-16(2)11-17(3)13-23/h7-15H,6H2,1-5H3,(H,28,31,33)/b24-15+. The van der Waals surface area contributed by atoms with Crippen LogP contribution in [-0.4, -0.2) is 21.5 Å². The van der Waals surface area contributed by atoms with Gasteiger partial charge in [-0.3, -0.25) is 19.8 Å². The minimum atomic E-state index is -0.484. The van der Waals surface area contributed by atoms with Crippen LogP contribution < -0.4 is 10.2 Å². The van der Waals surface area contributed by atoms with Gasteiger partial charge in [-0.1, -0.05) is 25.1 Å². The third kappa shape index (κ3) is 4.26. The van der Waals surface area contributed by atoms with E-state index in [9.17, 15) is 9.59 Å². The van der Waals surface area contributed by atoms with Crippen LogP contribution in [0.4, 0.5) is 5.69 Å². The summed E-state index contributed by atoms with van der Waals surface area (Å²) in [5, 5.41) is 2.77. The van der Waals surface area contributed by atoms with E-state index in [1.807, 2.05) is 52.0 Å². The molecule has 1 fully saturated rings. The molecule has 3 aromatic rings. The van der Waals surface area contributed by atoms with Crippen molar-refractivity contribution in [2.24, 2.45) is 0 Å². The Morgan fingerprint density at radius 3 is 2.15 bits per heavy atom. The third-order valence-corrected chi connectivity index (χ3v) is 6.22. The van der Waals surface area contributed by atoms with E-state index in [1.54, 1.807) is 6.08 Å². The molecule has 4 rings (SSSR count). The maximum atomic E-state index is 13.4. The van der Waals surface area contributed by atoms with Gasteiger partial charge in [0, 0.05) is 17.1 Å². The van der Waals surface area contributed by atoms with Gasteiger partial charge in [0.1, 0.15) is 5.57 Å². The Hall–Kier alpha value is -3.51. The largest absolute Gasteiger partial charge is 0.318 e. The van der Waals surface area contributed by atoms with Crippen LogP contribution in [0.5, 0.6) is 0 Å². The van der Waals surface area contributed by atoms with E-state index < -0.39 is 11.8 Å². The second kappa shape index (κ2) is 8.79. The second-order valence-electron chi connectivity index (χ2n) is 8.49. The van der Waals surface area contributed by atoms with Crippen LogP contribution in [0.1, 0.15) is 40.6 Å². The monoisotopic (exact) mass is 457 g/mol. The molecule has 2 heterocycles. The van der Waals surface area contributed by atoms with Gasteiger partial charge < -0.3 is 4.57 Å². The first-order valence-corrected chi connectivity index (χ1v) is 11.4. The van der Waals surface area contributed by atoms with Gasteiger partial charge >= 0.3 is 0 Å². The molecule has 2 amide bonds. The lowest BCUT2D eigenvalue weighted by atomic mass is 10.1. The number of hydrogen-bond acceptors (Lipinski definition) is 3. The zero-order chi connectivity index (χ0) is 23.9. The van der Waals surface area contributed by atoms with E-state index in [0.717, 1.165) is 40.2 Å². The van der Waals surface area contributed by atoms with E-state index >= 15 is 0 Å². The first-order chi connectivity index (χ1) is 15.7. The normalized spacial score (nSPS) is 15.4. The predicted molar refractivity (Wildman–Crippen MR) is 137 cm³/mol. The van der Waals surface area contributed by atoms with Gasteiger partial charge in [0.2, 0.25) is 0 Å². The van der Waals surface area contributed by atoms with Crippen LogP contribution in [0.15, 0.2) is 54.1 Å². The maximum absolute atomic E-state index is 13.4. The van der Waals surface area contributed by atoms with E-state index in [1.165, 1.54) is 10.5 Å². The highest BCUT2D eigenvalue weighted by Gasteiger charge is 2.35. The average molecular weight is 458 g/mol. The fourth-order valence-corrected chi connectivity index (χ4v) is 4.62. The molecule has 0 atom stereocenters. The van der Waals surface area contributed by atoms with Crippen molar-refractivity contribution < 1.29 is 9.59 Å². The van der Waals surface area contributed by atoms with Gasteiger partial charge in [0.15, 0.2) is 5.11 Å². The lowest BCUT2D eigenvalue weighted by Gasteiger charge is -2.29. The number of aromatic nitrogens is 1. The molecule has 0 bridgehead atoms. The van der Waals surface area contributed by atoms with Crippen LogP contribution in [-0.2, 0) is 16.0 Å². The van der Waals surface area contributed by atoms with Gasteiger partial charge in [0.25, 0.3) is 11.8 Å². The molecule has 168 valence electrons. The number of benzene rings is 2. The molecule has 0 unspecified atom stereocenters. The van der Waals surface area contributed by atoms with Crippen molar-refractivity contribution >= 4 is 40.9 Å². The van der Waals surface area contributed by atoms with Crippen LogP contribution in [0, 0.1) is 27.7 Å². The Kier molecular flexibility index (Phi) is 6.04. The highest BCUT2D eigenvalue weighted by Crippen LogP contribution is 2.27. The van der Waals surface area contributed by atoms with Crippen LogP contribution in [0.25, 0.3) is 11.8 Å².